The molecule has 0 aliphatic heterocycles. The lowest BCUT2D eigenvalue weighted by molar-refractivity contribution is -0.384. The molecule has 0 unspecified atom stereocenters. The highest BCUT2D eigenvalue weighted by Crippen LogP contribution is 2.16. The Morgan fingerprint density at radius 3 is 2.50 bits per heavy atom. The summed E-state index contributed by atoms with van der Waals surface area (Å²) < 4.78 is 0. The highest BCUT2D eigenvalue weighted by atomic mass is 16.6. The maximum Gasteiger partial charge on any atom is 0.271 e. The largest absolute Gasteiger partial charge is 0.343 e. The normalized spacial score (nSPS) is 10.1. The number of anilines is 1. The SMILES string of the molecule is Cc1ccc(C(=O)NCC(=O)Nc2cccc([N+](=O)[O-])c2)cc1C. The molecule has 0 saturated carbocycles. The first kappa shape index (κ1) is 17.1. The van der Waals surface area contributed by atoms with Gasteiger partial charge in [0.05, 0.1) is 11.5 Å². The third-order valence-corrected chi connectivity index (χ3v) is 3.52. The van der Waals surface area contributed by atoms with Crippen LogP contribution in [0.5, 0.6) is 0 Å². The van der Waals surface area contributed by atoms with Gasteiger partial charge in [0, 0.05) is 23.4 Å². The Bertz CT molecular complexity index is 802. The fourth-order valence-corrected chi connectivity index (χ4v) is 2.05. The lowest BCUT2D eigenvalue weighted by atomic mass is 10.1. The lowest BCUT2D eigenvalue weighted by Gasteiger charge is -2.08. The van der Waals surface area contributed by atoms with Crippen molar-refractivity contribution in [2.24, 2.45) is 0 Å². The van der Waals surface area contributed by atoms with Crippen molar-refractivity contribution in [1.29, 1.82) is 0 Å². The minimum atomic E-state index is -0.544. The minimum Gasteiger partial charge on any atom is -0.343 e. The molecule has 7 nitrogen and oxygen atoms in total. The van der Waals surface area contributed by atoms with E-state index in [1.807, 2.05) is 19.9 Å². The van der Waals surface area contributed by atoms with Crippen LogP contribution in [0.1, 0.15) is 21.5 Å². The van der Waals surface area contributed by atoms with E-state index in [0.29, 0.717) is 11.3 Å². The number of hydrogen-bond donors (Lipinski definition) is 2. The van der Waals surface area contributed by atoms with Crippen LogP contribution in [0.3, 0.4) is 0 Å². The van der Waals surface area contributed by atoms with Crippen molar-refractivity contribution in [3.63, 3.8) is 0 Å². The van der Waals surface area contributed by atoms with E-state index in [0.717, 1.165) is 11.1 Å². The number of rotatable bonds is 5. The van der Waals surface area contributed by atoms with Gasteiger partial charge in [-0.2, -0.15) is 0 Å². The quantitative estimate of drug-likeness (QED) is 0.651. The van der Waals surface area contributed by atoms with E-state index in [-0.39, 0.29) is 18.1 Å². The molecule has 2 N–H and O–H groups in total. The van der Waals surface area contributed by atoms with E-state index < -0.39 is 10.8 Å². The lowest BCUT2D eigenvalue weighted by Crippen LogP contribution is -2.32. The first-order valence-corrected chi connectivity index (χ1v) is 7.26. The number of nitrogens with one attached hydrogen (secondary N) is 2. The van der Waals surface area contributed by atoms with Gasteiger partial charge in [0.15, 0.2) is 0 Å². The third kappa shape index (κ3) is 4.39. The van der Waals surface area contributed by atoms with Crippen LogP contribution in [0.2, 0.25) is 0 Å². The van der Waals surface area contributed by atoms with Gasteiger partial charge in [-0.15, -0.1) is 0 Å². The number of benzene rings is 2. The van der Waals surface area contributed by atoms with E-state index in [4.69, 9.17) is 0 Å². The molecule has 124 valence electrons. The molecule has 0 bridgehead atoms. The maximum absolute atomic E-state index is 12.0. The van der Waals surface area contributed by atoms with E-state index in [2.05, 4.69) is 10.6 Å². The van der Waals surface area contributed by atoms with E-state index in [1.54, 1.807) is 12.1 Å². The zero-order valence-corrected chi connectivity index (χ0v) is 13.3. The number of amides is 2. The van der Waals surface area contributed by atoms with Crippen molar-refractivity contribution >= 4 is 23.2 Å². The molecule has 2 aromatic carbocycles. The summed E-state index contributed by atoms with van der Waals surface area (Å²) in [6.07, 6.45) is 0. The molecule has 0 aromatic heterocycles. The predicted octanol–water partition coefficient (Wildman–Crippen LogP) is 2.58. The summed E-state index contributed by atoms with van der Waals surface area (Å²) in [5.41, 5.74) is 2.72. The molecule has 0 saturated heterocycles. The summed E-state index contributed by atoms with van der Waals surface area (Å²) in [5.74, 6) is -0.819. The van der Waals surface area contributed by atoms with Crippen molar-refractivity contribution in [3.05, 3.63) is 69.3 Å². The molecule has 0 aliphatic rings. The molecule has 2 amide bonds. The van der Waals surface area contributed by atoms with Crippen molar-refractivity contribution in [2.75, 3.05) is 11.9 Å². The summed E-state index contributed by atoms with van der Waals surface area (Å²) >= 11 is 0. The van der Waals surface area contributed by atoms with Crippen molar-refractivity contribution in [2.45, 2.75) is 13.8 Å². The van der Waals surface area contributed by atoms with Gasteiger partial charge >= 0.3 is 0 Å². The van der Waals surface area contributed by atoms with Gasteiger partial charge in [-0.05, 0) is 43.2 Å². The second-order valence-corrected chi connectivity index (χ2v) is 5.34. The van der Waals surface area contributed by atoms with Crippen molar-refractivity contribution in [1.82, 2.24) is 5.32 Å². The van der Waals surface area contributed by atoms with Crippen molar-refractivity contribution < 1.29 is 14.5 Å². The summed E-state index contributed by atoms with van der Waals surface area (Å²) in [6, 6.07) is 10.9. The topological polar surface area (TPSA) is 101 Å². The number of non-ortho nitro benzene ring substituents is 1. The number of carbonyl (C=O) groups is 2. The second kappa shape index (κ2) is 7.36. The highest BCUT2D eigenvalue weighted by Gasteiger charge is 2.11. The first-order valence-electron chi connectivity index (χ1n) is 7.26. The molecule has 2 aromatic rings. The Labute approximate surface area is 138 Å². The Morgan fingerprint density at radius 2 is 1.83 bits per heavy atom. The number of aryl methyl sites for hydroxylation is 2. The van der Waals surface area contributed by atoms with Gasteiger partial charge in [0.1, 0.15) is 0 Å². The fraction of sp³-hybridized carbons (Fsp3) is 0.176. The molecular formula is C17H17N3O4. The van der Waals surface area contributed by atoms with Crippen LogP contribution in [0.4, 0.5) is 11.4 Å². The van der Waals surface area contributed by atoms with Crippen LogP contribution in [0, 0.1) is 24.0 Å². The zero-order valence-electron chi connectivity index (χ0n) is 13.3. The maximum atomic E-state index is 12.0. The fourth-order valence-electron chi connectivity index (χ4n) is 2.05. The number of carbonyl (C=O) groups excluding carboxylic acids is 2. The number of hydrogen-bond acceptors (Lipinski definition) is 4. The first-order chi connectivity index (χ1) is 11.4. The average molecular weight is 327 g/mol. The van der Waals surface area contributed by atoms with Crippen LogP contribution in [0.15, 0.2) is 42.5 Å². The third-order valence-electron chi connectivity index (χ3n) is 3.52. The molecule has 0 aliphatic carbocycles. The standard InChI is InChI=1S/C17H17N3O4/c1-11-6-7-13(8-12(11)2)17(22)18-10-16(21)19-14-4-3-5-15(9-14)20(23)24/h3-9H,10H2,1-2H3,(H,18,22)(H,19,21). The molecule has 2 rings (SSSR count). The number of nitrogens with zero attached hydrogens (tertiary/aromatic N) is 1. The number of nitro groups is 1. The molecule has 0 atom stereocenters. The molecule has 24 heavy (non-hydrogen) atoms. The van der Waals surface area contributed by atoms with Crippen molar-refractivity contribution in [3.8, 4) is 0 Å². The Hall–Kier alpha value is -3.22. The molecule has 0 heterocycles. The van der Waals surface area contributed by atoms with E-state index in [9.17, 15) is 19.7 Å². The highest BCUT2D eigenvalue weighted by molar-refractivity contribution is 5.99. The zero-order chi connectivity index (χ0) is 17.7. The summed E-state index contributed by atoms with van der Waals surface area (Å²) in [6.45, 7) is 3.62. The smallest absolute Gasteiger partial charge is 0.271 e. The summed E-state index contributed by atoms with van der Waals surface area (Å²) in [5, 5.41) is 15.7. The van der Waals surface area contributed by atoms with Gasteiger partial charge in [-0.3, -0.25) is 19.7 Å². The van der Waals surface area contributed by atoms with Gasteiger partial charge < -0.3 is 10.6 Å². The van der Waals surface area contributed by atoms with Gasteiger partial charge in [0.2, 0.25) is 5.91 Å². The second-order valence-electron chi connectivity index (χ2n) is 5.34. The van der Waals surface area contributed by atoms with Crippen LogP contribution >= 0.6 is 0 Å². The van der Waals surface area contributed by atoms with E-state index in [1.165, 1.54) is 24.3 Å². The van der Waals surface area contributed by atoms with Crippen LogP contribution in [-0.4, -0.2) is 23.3 Å². The van der Waals surface area contributed by atoms with Gasteiger partial charge in [-0.25, -0.2) is 0 Å². The Kier molecular flexibility index (Phi) is 5.26. The Morgan fingerprint density at radius 1 is 1.08 bits per heavy atom. The van der Waals surface area contributed by atoms with Gasteiger partial charge in [-0.1, -0.05) is 12.1 Å². The van der Waals surface area contributed by atoms with Gasteiger partial charge in [0.25, 0.3) is 11.6 Å². The van der Waals surface area contributed by atoms with Crippen LogP contribution in [-0.2, 0) is 4.79 Å². The van der Waals surface area contributed by atoms with Crippen LogP contribution in [0.25, 0.3) is 0 Å². The summed E-state index contributed by atoms with van der Waals surface area (Å²) in [4.78, 5) is 34.0. The minimum absolute atomic E-state index is 0.119. The average Bonchev–Trinajstić information content (AvgIpc) is 2.55. The van der Waals surface area contributed by atoms with Crippen LogP contribution < -0.4 is 10.6 Å². The monoisotopic (exact) mass is 327 g/mol. The molecule has 0 spiro atoms. The number of nitro benzene ring substituents is 1. The van der Waals surface area contributed by atoms with E-state index >= 15 is 0 Å². The molecular weight excluding hydrogens is 310 g/mol. The predicted molar refractivity (Wildman–Crippen MR) is 90.0 cm³/mol. The Balaban J connectivity index is 1.93. The summed E-state index contributed by atoms with van der Waals surface area (Å²) in [7, 11) is 0. The molecule has 0 fully saturated rings. The molecule has 0 radical (unpaired) electrons. The molecule has 7 heteroatoms.